The minimum atomic E-state index is -0.583. The standard InChI is InChI=1S/C12H12N4O4/c1-2-5-20-12(17)9-3-4-10(11(6-9)16(18)19)15-8-13-7-14-15/h3-4,6-8H,2,5H2,1H3. The Kier molecular flexibility index (Phi) is 4.04. The molecule has 8 heteroatoms. The maximum Gasteiger partial charge on any atom is 0.338 e. The van der Waals surface area contributed by atoms with Crippen LogP contribution < -0.4 is 0 Å². The molecule has 0 saturated carbocycles. The van der Waals surface area contributed by atoms with E-state index in [4.69, 9.17) is 4.74 Å². The van der Waals surface area contributed by atoms with Gasteiger partial charge in [-0.15, -0.1) is 0 Å². The summed E-state index contributed by atoms with van der Waals surface area (Å²) in [5.74, 6) is -0.583. The highest BCUT2D eigenvalue weighted by Gasteiger charge is 2.19. The van der Waals surface area contributed by atoms with Crippen molar-refractivity contribution < 1.29 is 14.5 Å². The van der Waals surface area contributed by atoms with Crippen LogP contribution in [-0.4, -0.2) is 32.3 Å². The molecule has 0 fully saturated rings. The number of nitro benzene ring substituents is 1. The molecule has 20 heavy (non-hydrogen) atoms. The van der Waals surface area contributed by atoms with Gasteiger partial charge in [0.25, 0.3) is 5.69 Å². The minimum absolute atomic E-state index is 0.133. The Hall–Kier alpha value is -2.77. The van der Waals surface area contributed by atoms with Crippen molar-refractivity contribution >= 4 is 11.7 Å². The molecule has 0 aliphatic carbocycles. The quantitative estimate of drug-likeness (QED) is 0.468. The number of rotatable bonds is 5. The predicted octanol–water partition coefficient (Wildman–Crippen LogP) is 1.74. The fraction of sp³-hybridized carbons (Fsp3) is 0.250. The maximum absolute atomic E-state index is 11.7. The molecule has 1 aromatic heterocycles. The number of aromatic nitrogens is 3. The number of carbonyl (C=O) groups excluding carboxylic acids is 1. The Bertz CT molecular complexity index is 624. The highest BCUT2D eigenvalue weighted by atomic mass is 16.6. The van der Waals surface area contributed by atoms with E-state index in [9.17, 15) is 14.9 Å². The molecular weight excluding hydrogens is 264 g/mol. The van der Waals surface area contributed by atoms with Gasteiger partial charge in [0.15, 0.2) is 0 Å². The molecule has 1 heterocycles. The molecule has 0 atom stereocenters. The number of carbonyl (C=O) groups is 1. The average Bonchev–Trinajstić information content (AvgIpc) is 2.98. The molecule has 8 nitrogen and oxygen atoms in total. The van der Waals surface area contributed by atoms with Gasteiger partial charge in [0, 0.05) is 6.07 Å². The molecule has 0 aliphatic rings. The van der Waals surface area contributed by atoms with Crippen LogP contribution >= 0.6 is 0 Å². The first kappa shape index (κ1) is 13.7. The molecule has 104 valence electrons. The second-order valence-corrected chi connectivity index (χ2v) is 3.94. The second-order valence-electron chi connectivity index (χ2n) is 3.94. The molecule has 0 amide bonds. The van der Waals surface area contributed by atoms with Crippen LogP contribution in [0.1, 0.15) is 23.7 Å². The van der Waals surface area contributed by atoms with Gasteiger partial charge in [-0.3, -0.25) is 10.1 Å². The summed E-state index contributed by atoms with van der Waals surface area (Å²) in [4.78, 5) is 26.0. The van der Waals surface area contributed by atoms with E-state index in [1.54, 1.807) is 0 Å². The molecule has 0 N–H and O–H groups in total. The Morgan fingerprint density at radius 2 is 2.30 bits per heavy atom. The largest absolute Gasteiger partial charge is 0.462 e. The molecule has 0 bridgehead atoms. The van der Waals surface area contributed by atoms with Gasteiger partial charge in [-0.25, -0.2) is 14.5 Å². The smallest absolute Gasteiger partial charge is 0.338 e. The lowest BCUT2D eigenvalue weighted by Gasteiger charge is -2.06. The minimum Gasteiger partial charge on any atom is -0.462 e. The van der Waals surface area contributed by atoms with E-state index in [0.29, 0.717) is 6.42 Å². The number of nitrogens with zero attached hydrogens (tertiary/aromatic N) is 4. The van der Waals surface area contributed by atoms with Gasteiger partial charge in [0.05, 0.1) is 17.1 Å². The van der Waals surface area contributed by atoms with Crippen molar-refractivity contribution in [1.82, 2.24) is 14.8 Å². The number of ether oxygens (including phenoxy) is 1. The highest BCUT2D eigenvalue weighted by Crippen LogP contribution is 2.23. The van der Waals surface area contributed by atoms with Crippen molar-refractivity contribution in [3.8, 4) is 5.69 Å². The van der Waals surface area contributed by atoms with Crippen molar-refractivity contribution in [2.45, 2.75) is 13.3 Å². The normalized spacial score (nSPS) is 10.2. The van der Waals surface area contributed by atoms with Crippen molar-refractivity contribution in [1.29, 1.82) is 0 Å². The van der Waals surface area contributed by atoms with Gasteiger partial charge in [-0.2, -0.15) is 5.10 Å². The summed E-state index contributed by atoms with van der Waals surface area (Å²) in [6.07, 6.45) is 3.30. The Balaban J connectivity index is 2.38. The summed E-state index contributed by atoms with van der Waals surface area (Å²) in [6.45, 7) is 2.14. The molecule has 0 spiro atoms. The molecule has 0 aliphatic heterocycles. The highest BCUT2D eigenvalue weighted by molar-refractivity contribution is 5.90. The zero-order chi connectivity index (χ0) is 14.5. The summed E-state index contributed by atoms with van der Waals surface area (Å²) in [5, 5.41) is 14.9. The van der Waals surface area contributed by atoms with Gasteiger partial charge in [-0.1, -0.05) is 6.92 Å². The van der Waals surface area contributed by atoms with Crippen LogP contribution in [0, 0.1) is 10.1 Å². The zero-order valence-electron chi connectivity index (χ0n) is 10.7. The molecule has 2 aromatic rings. The fourth-order valence-corrected chi connectivity index (χ4v) is 1.60. The third kappa shape index (κ3) is 2.79. The van der Waals surface area contributed by atoms with Gasteiger partial charge in [0.2, 0.25) is 0 Å². The van der Waals surface area contributed by atoms with Gasteiger partial charge < -0.3 is 4.74 Å². The molecule has 0 saturated heterocycles. The van der Waals surface area contributed by atoms with Crippen LogP contribution in [0.2, 0.25) is 0 Å². The Morgan fingerprint density at radius 3 is 2.90 bits per heavy atom. The van der Waals surface area contributed by atoms with Crippen LogP contribution in [0.25, 0.3) is 5.69 Å². The van der Waals surface area contributed by atoms with E-state index in [-0.39, 0.29) is 23.5 Å². The maximum atomic E-state index is 11.7. The number of esters is 1. The van der Waals surface area contributed by atoms with Crippen LogP contribution in [-0.2, 0) is 4.74 Å². The van der Waals surface area contributed by atoms with Gasteiger partial charge in [-0.05, 0) is 18.6 Å². The van der Waals surface area contributed by atoms with E-state index in [0.717, 1.165) is 0 Å². The lowest BCUT2D eigenvalue weighted by molar-refractivity contribution is -0.384. The Morgan fingerprint density at radius 1 is 1.50 bits per heavy atom. The average molecular weight is 276 g/mol. The van der Waals surface area contributed by atoms with Crippen LogP contribution in [0.3, 0.4) is 0 Å². The van der Waals surface area contributed by atoms with E-state index < -0.39 is 10.9 Å². The van der Waals surface area contributed by atoms with Crippen molar-refractivity contribution in [2.75, 3.05) is 6.61 Å². The Labute approximate surface area is 114 Å². The van der Waals surface area contributed by atoms with E-state index in [1.165, 1.54) is 35.5 Å². The fourth-order valence-electron chi connectivity index (χ4n) is 1.60. The first-order chi connectivity index (χ1) is 9.63. The zero-order valence-corrected chi connectivity index (χ0v) is 10.7. The summed E-state index contributed by atoms with van der Waals surface area (Å²) < 4.78 is 6.21. The summed E-state index contributed by atoms with van der Waals surface area (Å²) in [6, 6.07) is 4.08. The summed E-state index contributed by atoms with van der Waals surface area (Å²) >= 11 is 0. The second kappa shape index (κ2) is 5.91. The van der Waals surface area contributed by atoms with Crippen LogP contribution in [0.5, 0.6) is 0 Å². The molecule has 2 rings (SSSR count). The number of hydrogen-bond donors (Lipinski definition) is 0. The third-order valence-corrected chi connectivity index (χ3v) is 2.51. The molecular formula is C12H12N4O4. The molecule has 0 unspecified atom stereocenters. The lowest BCUT2D eigenvalue weighted by atomic mass is 10.1. The first-order valence-electron chi connectivity index (χ1n) is 5.94. The predicted molar refractivity (Wildman–Crippen MR) is 68.6 cm³/mol. The third-order valence-electron chi connectivity index (χ3n) is 2.51. The summed E-state index contributed by atoms with van der Waals surface area (Å²) in [5.41, 5.74) is 0.134. The van der Waals surface area contributed by atoms with E-state index >= 15 is 0 Å². The number of nitro groups is 1. The van der Waals surface area contributed by atoms with Crippen molar-refractivity contribution in [3.05, 3.63) is 46.5 Å². The first-order valence-corrected chi connectivity index (χ1v) is 5.94. The van der Waals surface area contributed by atoms with Gasteiger partial charge >= 0.3 is 5.97 Å². The van der Waals surface area contributed by atoms with Crippen molar-refractivity contribution in [3.63, 3.8) is 0 Å². The molecule has 1 aromatic carbocycles. The van der Waals surface area contributed by atoms with Gasteiger partial charge in [0.1, 0.15) is 18.3 Å². The van der Waals surface area contributed by atoms with Crippen LogP contribution in [0.15, 0.2) is 30.9 Å². The van der Waals surface area contributed by atoms with Crippen molar-refractivity contribution in [2.24, 2.45) is 0 Å². The topological polar surface area (TPSA) is 100 Å². The monoisotopic (exact) mass is 276 g/mol. The summed E-state index contributed by atoms with van der Waals surface area (Å²) in [7, 11) is 0. The van der Waals surface area contributed by atoms with Crippen LogP contribution in [0.4, 0.5) is 5.69 Å². The van der Waals surface area contributed by atoms with E-state index in [1.807, 2.05) is 6.92 Å². The lowest BCUT2D eigenvalue weighted by Crippen LogP contribution is -2.08. The van der Waals surface area contributed by atoms with E-state index in [2.05, 4.69) is 10.1 Å². The number of hydrogen-bond acceptors (Lipinski definition) is 6. The molecule has 0 radical (unpaired) electrons. The number of benzene rings is 1. The SMILES string of the molecule is CCCOC(=O)c1ccc(-n2cncn2)c([N+](=O)[O-])c1.